The van der Waals surface area contributed by atoms with Crippen LogP contribution in [0.1, 0.15) is 22.6 Å². The molecular weight excluding hydrogens is 483 g/mol. The number of hydrogen-bond donors (Lipinski definition) is 2. The smallest absolute Gasteiger partial charge is 0.186 e. The maximum Gasteiger partial charge on any atom is 0.186 e. The van der Waals surface area contributed by atoms with E-state index < -0.39 is 0 Å². The van der Waals surface area contributed by atoms with Gasteiger partial charge in [0.05, 0.1) is 11.4 Å². The fraction of sp³-hybridized carbons (Fsp3) is 0.133. The van der Waals surface area contributed by atoms with Crippen molar-refractivity contribution in [2.24, 2.45) is 5.73 Å². The number of pyridine rings is 2. The van der Waals surface area contributed by atoms with Gasteiger partial charge >= 0.3 is 0 Å². The van der Waals surface area contributed by atoms with E-state index in [0.29, 0.717) is 13.1 Å². The minimum atomic E-state index is 0.526. The van der Waals surface area contributed by atoms with Crippen LogP contribution in [0.15, 0.2) is 91.4 Å². The van der Waals surface area contributed by atoms with Gasteiger partial charge in [-0.25, -0.2) is 14.5 Å². The summed E-state index contributed by atoms with van der Waals surface area (Å²) in [6, 6.07) is 27.0. The van der Waals surface area contributed by atoms with E-state index in [1.54, 1.807) is 10.8 Å². The van der Waals surface area contributed by atoms with E-state index in [1.165, 1.54) is 16.7 Å². The molecule has 0 radical (unpaired) electrons. The molecule has 0 saturated carbocycles. The number of rotatable bonds is 8. The van der Waals surface area contributed by atoms with Crippen molar-refractivity contribution in [2.45, 2.75) is 26.6 Å². The van der Waals surface area contributed by atoms with Crippen LogP contribution in [0.3, 0.4) is 0 Å². The molecule has 4 heterocycles. The molecule has 0 bridgehead atoms. The SMILES string of the molecule is BN(Cc1nc(-c2cccc(C)n2)c(-c2ccc3ncnn3c2)[nH]1)Cc1ccccc1-c1cccc(CN)c1. The Bertz CT molecular complexity index is 1760. The number of H-pyrrole nitrogens is 1. The predicted octanol–water partition coefficient (Wildman–Crippen LogP) is 4.17. The Morgan fingerprint density at radius 2 is 1.79 bits per heavy atom. The van der Waals surface area contributed by atoms with E-state index in [9.17, 15) is 0 Å². The van der Waals surface area contributed by atoms with Gasteiger partial charge in [0.25, 0.3) is 0 Å². The fourth-order valence-electron chi connectivity index (χ4n) is 4.94. The first-order valence-electron chi connectivity index (χ1n) is 13.0. The fourth-order valence-corrected chi connectivity index (χ4v) is 4.94. The number of hydrogen-bond acceptors (Lipinski definition) is 6. The zero-order chi connectivity index (χ0) is 26.8. The first-order chi connectivity index (χ1) is 19.1. The van der Waals surface area contributed by atoms with Gasteiger partial charge in [-0.15, -0.1) is 0 Å². The molecule has 0 atom stereocenters. The second kappa shape index (κ2) is 10.6. The summed E-state index contributed by atoms with van der Waals surface area (Å²) in [6.45, 7) is 3.93. The maximum atomic E-state index is 5.90. The van der Waals surface area contributed by atoms with Crippen molar-refractivity contribution < 1.29 is 0 Å². The monoisotopic (exact) mass is 512 g/mol. The van der Waals surface area contributed by atoms with Crippen LogP contribution in [-0.4, -0.2) is 42.3 Å². The van der Waals surface area contributed by atoms with Gasteiger partial charge in [-0.05, 0) is 59.5 Å². The van der Waals surface area contributed by atoms with Crippen LogP contribution in [-0.2, 0) is 19.6 Å². The van der Waals surface area contributed by atoms with Gasteiger partial charge in [-0.3, -0.25) is 4.98 Å². The van der Waals surface area contributed by atoms with Crippen LogP contribution < -0.4 is 5.73 Å². The summed E-state index contributed by atoms with van der Waals surface area (Å²) in [5.74, 6) is 0.868. The minimum Gasteiger partial charge on any atom is -0.340 e. The highest BCUT2D eigenvalue weighted by Crippen LogP contribution is 2.30. The molecule has 0 spiro atoms. The van der Waals surface area contributed by atoms with Crippen molar-refractivity contribution in [3.63, 3.8) is 0 Å². The molecule has 0 fully saturated rings. The van der Waals surface area contributed by atoms with E-state index in [0.717, 1.165) is 51.9 Å². The van der Waals surface area contributed by atoms with E-state index >= 15 is 0 Å². The van der Waals surface area contributed by atoms with Crippen LogP contribution >= 0.6 is 0 Å². The van der Waals surface area contributed by atoms with Gasteiger partial charge in [0.15, 0.2) is 13.6 Å². The Morgan fingerprint density at radius 1 is 0.923 bits per heavy atom. The number of aromatic nitrogens is 6. The summed E-state index contributed by atoms with van der Waals surface area (Å²) in [7, 11) is 2.11. The number of nitrogens with one attached hydrogen (secondary N) is 1. The normalized spacial score (nSPS) is 11.5. The molecule has 0 unspecified atom stereocenters. The second-order valence-corrected chi connectivity index (χ2v) is 9.79. The minimum absolute atomic E-state index is 0.526. The van der Waals surface area contributed by atoms with Crippen LogP contribution in [0.4, 0.5) is 0 Å². The van der Waals surface area contributed by atoms with Crippen molar-refractivity contribution >= 4 is 13.6 Å². The Kier molecular flexibility index (Phi) is 6.75. The average molecular weight is 512 g/mol. The van der Waals surface area contributed by atoms with Crippen molar-refractivity contribution in [3.8, 4) is 33.8 Å². The highest BCUT2D eigenvalue weighted by Gasteiger charge is 2.18. The van der Waals surface area contributed by atoms with Crippen molar-refractivity contribution in [1.82, 2.24) is 34.4 Å². The number of fused-ring (bicyclic) bond motifs is 1. The largest absolute Gasteiger partial charge is 0.340 e. The van der Waals surface area contributed by atoms with E-state index in [1.807, 2.05) is 43.5 Å². The molecule has 6 aromatic rings. The zero-order valence-electron chi connectivity index (χ0n) is 22.0. The molecule has 3 N–H and O–H groups in total. The first kappa shape index (κ1) is 24.7. The number of nitrogens with two attached hydrogens (primary N) is 1. The molecule has 9 heteroatoms. The summed E-state index contributed by atoms with van der Waals surface area (Å²) < 4.78 is 1.77. The standard InChI is InChI=1S/C30H29BN8/c1-20-6-4-11-26(35-20)30-29(24-12-13-28-33-19-34-39(28)17-24)36-27(37-30)18-38(31)16-23-8-2-3-10-25(23)22-9-5-7-21(14-22)15-32/h2-14,17,19H,15-16,18,31-32H2,1H3,(H,36,37). The van der Waals surface area contributed by atoms with Gasteiger partial charge in [0.2, 0.25) is 0 Å². The van der Waals surface area contributed by atoms with Gasteiger partial charge in [0.1, 0.15) is 17.8 Å². The molecule has 0 aliphatic carbocycles. The number of benzene rings is 2. The molecular formula is C30H29BN8. The summed E-state index contributed by atoms with van der Waals surface area (Å²) in [4.78, 5) is 19.9. The van der Waals surface area contributed by atoms with Gasteiger partial charge in [-0.2, -0.15) is 5.10 Å². The molecule has 192 valence electrons. The van der Waals surface area contributed by atoms with Crippen molar-refractivity contribution in [1.29, 1.82) is 0 Å². The molecule has 2 aromatic carbocycles. The van der Waals surface area contributed by atoms with Crippen LogP contribution in [0.2, 0.25) is 0 Å². The lowest BCUT2D eigenvalue weighted by molar-refractivity contribution is 0.433. The molecule has 4 aromatic heterocycles. The molecule has 0 saturated heterocycles. The van der Waals surface area contributed by atoms with Crippen LogP contribution in [0, 0.1) is 6.92 Å². The lowest BCUT2D eigenvalue weighted by Crippen LogP contribution is -2.20. The quantitative estimate of drug-likeness (QED) is 0.297. The average Bonchev–Trinajstić information content (AvgIpc) is 3.60. The second-order valence-electron chi connectivity index (χ2n) is 9.79. The molecule has 0 aliphatic rings. The lowest BCUT2D eigenvalue weighted by Gasteiger charge is -2.18. The third-order valence-electron chi connectivity index (χ3n) is 6.80. The Balaban J connectivity index is 1.31. The third kappa shape index (κ3) is 5.23. The number of nitrogens with zero attached hydrogens (tertiary/aromatic N) is 6. The molecule has 0 aliphatic heterocycles. The topological polar surface area (TPSA) is 101 Å². The van der Waals surface area contributed by atoms with Crippen LogP contribution in [0.5, 0.6) is 0 Å². The first-order valence-corrected chi connectivity index (χ1v) is 13.0. The third-order valence-corrected chi connectivity index (χ3v) is 6.80. The Labute approximate surface area is 228 Å². The zero-order valence-corrected chi connectivity index (χ0v) is 22.0. The number of aromatic amines is 1. The number of aryl methyl sites for hydroxylation is 1. The van der Waals surface area contributed by atoms with E-state index in [2.05, 4.69) is 76.4 Å². The van der Waals surface area contributed by atoms with Gasteiger partial charge in [-0.1, -0.05) is 48.5 Å². The summed E-state index contributed by atoms with van der Waals surface area (Å²) in [6.07, 6.45) is 3.52. The molecule has 39 heavy (non-hydrogen) atoms. The lowest BCUT2D eigenvalue weighted by atomic mass is 9.97. The van der Waals surface area contributed by atoms with Gasteiger partial charge in [0, 0.05) is 37.1 Å². The van der Waals surface area contributed by atoms with E-state index in [-0.39, 0.29) is 0 Å². The maximum absolute atomic E-state index is 5.90. The Hall–Kier alpha value is -4.60. The van der Waals surface area contributed by atoms with Crippen molar-refractivity contribution in [3.05, 3.63) is 114 Å². The van der Waals surface area contributed by atoms with Crippen LogP contribution in [0.25, 0.3) is 39.4 Å². The molecule has 6 rings (SSSR count). The highest BCUT2D eigenvalue weighted by molar-refractivity contribution is 6.04. The number of imidazole rings is 1. The Morgan fingerprint density at radius 3 is 2.67 bits per heavy atom. The van der Waals surface area contributed by atoms with Gasteiger partial charge < -0.3 is 15.5 Å². The highest BCUT2D eigenvalue weighted by atomic mass is 15.3. The van der Waals surface area contributed by atoms with Crippen molar-refractivity contribution in [2.75, 3.05) is 0 Å². The molecule has 0 amide bonds. The predicted molar refractivity (Wildman–Crippen MR) is 156 cm³/mol. The van der Waals surface area contributed by atoms with E-state index in [4.69, 9.17) is 15.7 Å². The summed E-state index contributed by atoms with van der Waals surface area (Å²) in [5.41, 5.74) is 15.9. The summed E-state index contributed by atoms with van der Waals surface area (Å²) >= 11 is 0. The molecule has 8 nitrogen and oxygen atoms in total. The summed E-state index contributed by atoms with van der Waals surface area (Å²) in [5, 5.41) is 4.31.